The standard InChI is InChI=1S/C14H12ClNO3/c1-8-5-11(15)3-4-12(8)16-7-10(9(2)17)6-13(16)14(18)19/h3-7H,1-2H3,(H,18,19). The third-order valence-corrected chi connectivity index (χ3v) is 3.10. The molecule has 1 heterocycles. The van der Waals surface area contributed by atoms with Gasteiger partial charge in [-0.15, -0.1) is 0 Å². The summed E-state index contributed by atoms with van der Waals surface area (Å²) in [5.41, 5.74) is 1.94. The predicted molar refractivity (Wildman–Crippen MR) is 72.5 cm³/mol. The van der Waals surface area contributed by atoms with Gasteiger partial charge in [0.15, 0.2) is 5.78 Å². The van der Waals surface area contributed by atoms with Crippen molar-refractivity contribution in [2.24, 2.45) is 0 Å². The van der Waals surface area contributed by atoms with Gasteiger partial charge in [0.05, 0.1) is 0 Å². The van der Waals surface area contributed by atoms with E-state index in [1.807, 2.05) is 6.92 Å². The fourth-order valence-electron chi connectivity index (χ4n) is 1.91. The van der Waals surface area contributed by atoms with Crippen LogP contribution in [0.2, 0.25) is 5.02 Å². The van der Waals surface area contributed by atoms with E-state index >= 15 is 0 Å². The second-order valence-corrected chi connectivity index (χ2v) is 4.71. The molecule has 0 aliphatic carbocycles. The first-order valence-electron chi connectivity index (χ1n) is 5.63. The Kier molecular flexibility index (Phi) is 3.44. The van der Waals surface area contributed by atoms with E-state index in [-0.39, 0.29) is 11.5 Å². The number of ketones is 1. The molecule has 2 aromatic rings. The van der Waals surface area contributed by atoms with E-state index in [2.05, 4.69) is 0 Å². The van der Waals surface area contributed by atoms with Crippen LogP contribution in [-0.2, 0) is 0 Å². The predicted octanol–water partition coefficient (Wildman–Crippen LogP) is 3.34. The molecule has 0 saturated heterocycles. The first-order chi connectivity index (χ1) is 8.90. The summed E-state index contributed by atoms with van der Waals surface area (Å²) in [6.45, 7) is 3.24. The van der Waals surface area contributed by atoms with Gasteiger partial charge in [0.25, 0.3) is 0 Å². The molecule has 0 spiro atoms. The van der Waals surface area contributed by atoms with Crippen molar-refractivity contribution in [3.05, 3.63) is 52.3 Å². The number of aromatic carboxylic acids is 1. The van der Waals surface area contributed by atoms with Gasteiger partial charge in [-0.25, -0.2) is 4.79 Å². The fourth-order valence-corrected chi connectivity index (χ4v) is 2.14. The van der Waals surface area contributed by atoms with Crippen molar-refractivity contribution in [2.75, 3.05) is 0 Å². The minimum Gasteiger partial charge on any atom is -0.477 e. The van der Waals surface area contributed by atoms with Crippen molar-refractivity contribution in [1.29, 1.82) is 0 Å². The van der Waals surface area contributed by atoms with Crippen molar-refractivity contribution in [3.8, 4) is 5.69 Å². The number of carboxylic acid groups (broad SMARTS) is 1. The third kappa shape index (κ3) is 2.53. The number of aryl methyl sites for hydroxylation is 1. The lowest BCUT2D eigenvalue weighted by Crippen LogP contribution is -2.06. The van der Waals surface area contributed by atoms with Crippen LogP contribution in [0, 0.1) is 6.92 Å². The number of nitrogens with zero attached hydrogens (tertiary/aromatic N) is 1. The molecule has 0 aliphatic rings. The Balaban J connectivity index is 2.66. The van der Waals surface area contributed by atoms with Gasteiger partial charge < -0.3 is 9.67 Å². The molecule has 1 aromatic carbocycles. The number of carboxylic acids is 1. The number of halogens is 1. The summed E-state index contributed by atoms with van der Waals surface area (Å²) in [6, 6.07) is 6.53. The Hall–Kier alpha value is -2.07. The van der Waals surface area contributed by atoms with Gasteiger partial charge in [0, 0.05) is 22.5 Å². The molecule has 0 aliphatic heterocycles. The summed E-state index contributed by atoms with van der Waals surface area (Å²) in [5.74, 6) is -1.25. The molecule has 0 radical (unpaired) electrons. The van der Waals surface area contributed by atoms with Crippen molar-refractivity contribution < 1.29 is 14.7 Å². The van der Waals surface area contributed by atoms with Gasteiger partial charge in [0.1, 0.15) is 5.69 Å². The average Bonchev–Trinajstić information content (AvgIpc) is 2.73. The smallest absolute Gasteiger partial charge is 0.352 e. The second kappa shape index (κ2) is 4.90. The lowest BCUT2D eigenvalue weighted by atomic mass is 10.2. The number of rotatable bonds is 3. The van der Waals surface area contributed by atoms with Gasteiger partial charge in [0.2, 0.25) is 0 Å². The zero-order chi connectivity index (χ0) is 14.2. The first-order valence-corrected chi connectivity index (χ1v) is 6.01. The molecule has 1 aromatic heterocycles. The van der Waals surface area contributed by atoms with Crippen LogP contribution in [0.1, 0.15) is 33.3 Å². The summed E-state index contributed by atoms with van der Waals surface area (Å²) >= 11 is 5.88. The van der Waals surface area contributed by atoms with Crippen molar-refractivity contribution in [2.45, 2.75) is 13.8 Å². The molecule has 98 valence electrons. The van der Waals surface area contributed by atoms with Crippen LogP contribution < -0.4 is 0 Å². The highest BCUT2D eigenvalue weighted by Crippen LogP contribution is 2.22. The van der Waals surface area contributed by atoms with E-state index in [4.69, 9.17) is 11.6 Å². The van der Waals surface area contributed by atoms with Gasteiger partial charge in [-0.2, -0.15) is 0 Å². The monoisotopic (exact) mass is 277 g/mol. The molecule has 19 heavy (non-hydrogen) atoms. The van der Waals surface area contributed by atoms with Gasteiger partial charge in [-0.3, -0.25) is 4.79 Å². The maximum atomic E-state index is 11.4. The van der Waals surface area contributed by atoms with Crippen LogP contribution in [0.4, 0.5) is 0 Å². The minimum absolute atomic E-state index is 0.0515. The molecule has 4 nitrogen and oxygen atoms in total. The van der Waals surface area contributed by atoms with Crippen LogP contribution in [0.25, 0.3) is 5.69 Å². The molecule has 0 bridgehead atoms. The van der Waals surface area contributed by atoms with Crippen molar-refractivity contribution >= 4 is 23.4 Å². The molecular formula is C14H12ClNO3. The van der Waals surface area contributed by atoms with Gasteiger partial charge in [-0.1, -0.05) is 11.6 Å². The molecule has 0 amide bonds. The quantitative estimate of drug-likeness (QED) is 0.875. The second-order valence-electron chi connectivity index (χ2n) is 4.28. The maximum absolute atomic E-state index is 11.4. The lowest BCUT2D eigenvalue weighted by Gasteiger charge is -2.09. The molecule has 5 heteroatoms. The van der Waals surface area contributed by atoms with Crippen LogP contribution in [0.5, 0.6) is 0 Å². The van der Waals surface area contributed by atoms with Crippen molar-refractivity contribution in [3.63, 3.8) is 0 Å². The van der Waals surface area contributed by atoms with E-state index in [1.165, 1.54) is 23.8 Å². The summed E-state index contributed by atoms with van der Waals surface area (Å²) in [4.78, 5) is 22.6. The molecular weight excluding hydrogens is 266 g/mol. The minimum atomic E-state index is -1.08. The van der Waals surface area contributed by atoms with E-state index in [0.717, 1.165) is 5.56 Å². The Morgan fingerprint density at radius 2 is 1.95 bits per heavy atom. The number of aromatic nitrogens is 1. The number of Topliss-reactive ketones (excluding diaryl/α,β-unsaturated/α-hetero) is 1. The van der Waals surface area contributed by atoms with Crippen LogP contribution in [0.3, 0.4) is 0 Å². The maximum Gasteiger partial charge on any atom is 0.352 e. The van der Waals surface area contributed by atoms with E-state index in [1.54, 1.807) is 18.2 Å². The van der Waals surface area contributed by atoms with E-state index < -0.39 is 5.97 Å². The Bertz CT molecular complexity index is 673. The van der Waals surface area contributed by atoms with E-state index in [0.29, 0.717) is 16.3 Å². The molecule has 2 rings (SSSR count). The van der Waals surface area contributed by atoms with Crippen LogP contribution >= 0.6 is 11.6 Å². The normalized spacial score (nSPS) is 10.5. The summed E-state index contributed by atoms with van der Waals surface area (Å²) in [6.07, 6.45) is 1.53. The number of carbonyl (C=O) groups is 2. The van der Waals surface area contributed by atoms with E-state index in [9.17, 15) is 14.7 Å². The summed E-state index contributed by atoms with van der Waals surface area (Å²) in [7, 11) is 0. The third-order valence-electron chi connectivity index (χ3n) is 2.86. The molecule has 0 fully saturated rings. The van der Waals surface area contributed by atoms with Gasteiger partial charge >= 0.3 is 5.97 Å². The number of hydrogen-bond acceptors (Lipinski definition) is 2. The molecule has 0 saturated carbocycles. The topological polar surface area (TPSA) is 59.3 Å². The highest BCUT2D eigenvalue weighted by molar-refractivity contribution is 6.30. The molecule has 0 unspecified atom stereocenters. The summed E-state index contributed by atoms with van der Waals surface area (Å²) in [5, 5.41) is 9.79. The molecule has 1 N–H and O–H groups in total. The first kappa shape index (κ1) is 13.4. The SMILES string of the molecule is CC(=O)c1cc(C(=O)O)n(-c2ccc(Cl)cc2C)c1. The Morgan fingerprint density at radius 1 is 1.26 bits per heavy atom. The zero-order valence-corrected chi connectivity index (χ0v) is 11.2. The van der Waals surface area contributed by atoms with Crippen LogP contribution in [-0.4, -0.2) is 21.4 Å². The van der Waals surface area contributed by atoms with Crippen molar-refractivity contribution in [1.82, 2.24) is 4.57 Å². The van der Waals surface area contributed by atoms with Gasteiger partial charge in [-0.05, 0) is 43.7 Å². The largest absolute Gasteiger partial charge is 0.477 e. The number of benzene rings is 1. The Morgan fingerprint density at radius 3 is 2.47 bits per heavy atom. The average molecular weight is 278 g/mol. The lowest BCUT2D eigenvalue weighted by molar-refractivity contribution is 0.0688. The molecule has 0 atom stereocenters. The number of carbonyl (C=O) groups excluding carboxylic acids is 1. The fraction of sp³-hybridized carbons (Fsp3) is 0.143. The Labute approximate surface area is 115 Å². The van der Waals surface area contributed by atoms with Crippen LogP contribution in [0.15, 0.2) is 30.5 Å². The highest BCUT2D eigenvalue weighted by Gasteiger charge is 2.16. The zero-order valence-electron chi connectivity index (χ0n) is 10.5. The summed E-state index contributed by atoms with van der Waals surface area (Å²) < 4.78 is 1.49. The highest BCUT2D eigenvalue weighted by atomic mass is 35.5. The number of hydrogen-bond donors (Lipinski definition) is 1.